The highest BCUT2D eigenvalue weighted by atomic mass is 19.4. The Labute approximate surface area is 130 Å². The van der Waals surface area contributed by atoms with Crippen LogP contribution in [-0.4, -0.2) is 36.6 Å². The van der Waals surface area contributed by atoms with Crippen molar-refractivity contribution in [2.45, 2.75) is 38.2 Å². The van der Waals surface area contributed by atoms with Gasteiger partial charge in [0, 0.05) is 19.5 Å². The Morgan fingerprint density at radius 2 is 1.83 bits per heavy atom. The van der Waals surface area contributed by atoms with E-state index >= 15 is 0 Å². The molecular weight excluding hydrogens is 321 g/mol. The minimum atomic E-state index is -4.39. The highest BCUT2D eigenvalue weighted by Gasteiger charge is 2.34. The van der Waals surface area contributed by atoms with Gasteiger partial charge in [-0.05, 0) is 23.6 Å². The lowest BCUT2D eigenvalue weighted by atomic mass is 9.95. The summed E-state index contributed by atoms with van der Waals surface area (Å²) < 4.78 is 65.7. The van der Waals surface area contributed by atoms with E-state index in [1.807, 2.05) is 0 Å². The Balaban J connectivity index is 1.85. The number of rotatable bonds is 5. The molecule has 1 saturated heterocycles. The summed E-state index contributed by atoms with van der Waals surface area (Å²) in [7, 11) is 0. The highest BCUT2D eigenvalue weighted by molar-refractivity contribution is 5.78. The second-order valence-corrected chi connectivity index (χ2v) is 5.54. The molecule has 0 bridgehead atoms. The average Bonchev–Trinajstić information content (AvgIpc) is 2.41. The largest absolute Gasteiger partial charge is 0.416 e. The van der Waals surface area contributed by atoms with Crippen LogP contribution in [0.2, 0.25) is 0 Å². The van der Waals surface area contributed by atoms with E-state index in [4.69, 9.17) is 0 Å². The van der Waals surface area contributed by atoms with Gasteiger partial charge in [-0.1, -0.05) is 19.1 Å². The van der Waals surface area contributed by atoms with E-state index in [1.165, 1.54) is 17.0 Å². The summed E-state index contributed by atoms with van der Waals surface area (Å²) in [6.07, 6.45) is -4.94. The maximum atomic E-state index is 12.5. The zero-order chi connectivity index (χ0) is 17.2. The van der Waals surface area contributed by atoms with Crippen molar-refractivity contribution in [3.05, 3.63) is 35.4 Å². The Morgan fingerprint density at radius 1 is 1.26 bits per heavy atom. The molecule has 0 radical (unpaired) electrons. The van der Waals surface area contributed by atoms with Crippen molar-refractivity contribution in [2.75, 3.05) is 13.1 Å². The van der Waals surface area contributed by atoms with Gasteiger partial charge in [0.1, 0.15) is 0 Å². The molecule has 0 aliphatic carbocycles. The Morgan fingerprint density at radius 3 is 2.30 bits per heavy atom. The number of carbonyl (C=O) groups is 1. The van der Waals surface area contributed by atoms with Crippen LogP contribution in [0.25, 0.3) is 0 Å². The summed E-state index contributed by atoms with van der Waals surface area (Å²) >= 11 is 0. The van der Waals surface area contributed by atoms with Crippen molar-refractivity contribution in [3.63, 3.8) is 0 Å². The molecule has 1 atom stereocenters. The predicted molar refractivity (Wildman–Crippen MR) is 71.9 cm³/mol. The summed E-state index contributed by atoms with van der Waals surface area (Å²) in [6.45, 7) is -0.900. The van der Waals surface area contributed by atoms with Crippen LogP contribution < -0.4 is 0 Å². The van der Waals surface area contributed by atoms with Gasteiger partial charge in [0.2, 0.25) is 5.91 Å². The molecule has 1 heterocycles. The van der Waals surface area contributed by atoms with Gasteiger partial charge in [0.15, 0.2) is 0 Å². The van der Waals surface area contributed by atoms with Crippen LogP contribution in [0.1, 0.15) is 30.4 Å². The molecule has 1 aromatic rings. The molecule has 1 aromatic carbocycles. The molecule has 0 N–H and O–H groups in total. The Bertz CT molecular complexity index is 538. The molecule has 1 amide bonds. The number of nitrogens with zero attached hydrogens (tertiary/aromatic N) is 1. The molecular formula is C15H16F5NO2. The normalized spacial score (nSPS) is 17.3. The molecule has 0 spiro atoms. The van der Waals surface area contributed by atoms with Crippen LogP contribution in [0.3, 0.4) is 0 Å². The van der Waals surface area contributed by atoms with E-state index in [-0.39, 0.29) is 31.3 Å². The quantitative estimate of drug-likeness (QED) is 0.768. The third-order valence-corrected chi connectivity index (χ3v) is 3.78. The van der Waals surface area contributed by atoms with Crippen molar-refractivity contribution in [1.29, 1.82) is 0 Å². The lowest BCUT2D eigenvalue weighted by Crippen LogP contribution is -2.55. The van der Waals surface area contributed by atoms with Crippen LogP contribution >= 0.6 is 0 Å². The highest BCUT2D eigenvalue weighted by Crippen LogP contribution is 2.31. The second-order valence-electron chi connectivity index (χ2n) is 5.54. The fourth-order valence-electron chi connectivity index (χ4n) is 2.38. The summed E-state index contributed by atoms with van der Waals surface area (Å²) in [5.41, 5.74) is -0.123. The van der Waals surface area contributed by atoms with E-state index in [1.54, 1.807) is 6.92 Å². The van der Waals surface area contributed by atoms with E-state index in [9.17, 15) is 26.7 Å². The van der Waals surface area contributed by atoms with Crippen molar-refractivity contribution >= 4 is 5.91 Å². The molecule has 0 saturated carbocycles. The number of alkyl halides is 5. The number of hydrogen-bond donors (Lipinski definition) is 0. The summed E-state index contributed by atoms with van der Waals surface area (Å²) in [4.78, 5) is 13.4. The lowest BCUT2D eigenvalue weighted by Gasteiger charge is -2.39. The van der Waals surface area contributed by atoms with Gasteiger partial charge in [-0.25, -0.2) is 0 Å². The van der Waals surface area contributed by atoms with Gasteiger partial charge in [-0.15, -0.1) is 0 Å². The monoisotopic (exact) mass is 337 g/mol. The number of hydrogen-bond acceptors (Lipinski definition) is 2. The molecule has 1 aliphatic rings. The van der Waals surface area contributed by atoms with Crippen molar-refractivity contribution in [2.24, 2.45) is 0 Å². The number of likely N-dealkylation sites (tertiary alicyclic amines) is 1. The van der Waals surface area contributed by atoms with Gasteiger partial charge in [0.25, 0.3) is 0 Å². The number of carbonyl (C=O) groups excluding carboxylic acids is 1. The molecule has 23 heavy (non-hydrogen) atoms. The molecule has 8 heteroatoms. The Hall–Kier alpha value is -1.70. The molecule has 3 nitrogen and oxygen atoms in total. The smallest absolute Gasteiger partial charge is 0.337 e. The van der Waals surface area contributed by atoms with Gasteiger partial charge < -0.3 is 9.64 Å². The maximum absolute atomic E-state index is 12.5. The van der Waals surface area contributed by atoms with Crippen LogP contribution in [-0.2, 0) is 15.7 Å². The van der Waals surface area contributed by atoms with Gasteiger partial charge in [-0.2, -0.15) is 22.0 Å². The second kappa shape index (κ2) is 6.82. The third kappa shape index (κ3) is 4.63. The van der Waals surface area contributed by atoms with Gasteiger partial charge >= 0.3 is 12.8 Å². The van der Waals surface area contributed by atoms with Crippen LogP contribution in [0.15, 0.2) is 24.3 Å². The fourth-order valence-corrected chi connectivity index (χ4v) is 2.38. The molecule has 0 aromatic heterocycles. The summed E-state index contributed by atoms with van der Waals surface area (Å²) in [5.74, 6) is -0.494. The number of amides is 1. The van der Waals surface area contributed by atoms with E-state index in [0.717, 1.165) is 12.1 Å². The first-order chi connectivity index (χ1) is 10.7. The van der Waals surface area contributed by atoms with Crippen molar-refractivity contribution < 1.29 is 31.5 Å². The van der Waals surface area contributed by atoms with Gasteiger partial charge in [-0.3, -0.25) is 4.79 Å². The number of ether oxygens (including phenoxy) is 1. The molecule has 2 rings (SSSR count). The van der Waals surface area contributed by atoms with E-state index < -0.39 is 24.5 Å². The zero-order valence-electron chi connectivity index (χ0n) is 12.3. The van der Waals surface area contributed by atoms with E-state index in [0.29, 0.717) is 5.56 Å². The zero-order valence-corrected chi connectivity index (χ0v) is 12.3. The average molecular weight is 337 g/mol. The Kier molecular flexibility index (Phi) is 5.23. The van der Waals surface area contributed by atoms with Gasteiger partial charge in [0.05, 0.1) is 11.7 Å². The summed E-state index contributed by atoms with van der Waals surface area (Å²) in [6, 6.07) is 4.65. The molecule has 1 aliphatic heterocycles. The molecule has 1 unspecified atom stereocenters. The topological polar surface area (TPSA) is 29.5 Å². The first-order valence-corrected chi connectivity index (χ1v) is 7.05. The van der Waals surface area contributed by atoms with Crippen molar-refractivity contribution in [3.8, 4) is 0 Å². The first kappa shape index (κ1) is 17.7. The number of halogens is 5. The fraction of sp³-hybridized carbons (Fsp3) is 0.533. The first-order valence-electron chi connectivity index (χ1n) is 7.05. The van der Waals surface area contributed by atoms with Crippen LogP contribution in [0.5, 0.6) is 0 Å². The third-order valence-electron chi connectivity index (χ3n) is 3.78. The standard InChI is InChI=1S/C15H16F5NO2/c1-9(10-2-4-11(5-3-10)15(18,19)20)6-13(22)21-7-12(8-21)23-14(16)17/h2-5,9,12,14H,6-8H2,1H3. The lowest BCUT2D eigenvalue weighted by molar-refractivity contribution is -0.199. The van der Waals surface area contributed by atoms with Crippen LogP contribution in [0.4, 0.5) is 22.0 Å². The molecule has 1 fully saturated rings. The summed E-state index contributed by atoms with van der Waals surface area (Å²) in [5, 5.41) is 0. The number of benzene rings is 1. The van der Waals surface area contributed by atoms with Crippen LogP contribution in [0, 0.1) is 0 Å². The van der Waals surface area contributed by atoms with Crippen molar-refractivity contribution in [1.82, 2.24) is 4.90 Å². The SMILES string of the molecule is CC(CC(=O)N1CC(OC(F)F)C1)c1ccc(C(F)(F)F)cc1. The molecule has 128 valence electrons. The minimum Gasteiger partial charge on any atom is -0.337 e. The maximum Gasteiger partial charge on any atom is 0.416 e. The predicted octanol–water partition coefficient (Wildman–Crippen LogP) is 3.65. The minimum absolute atomic E-state index is 0.104. The van der Waals surface area contributed by atoms with E-state index in [2.05, 4.69) is 4.74 Å².